The summed E-state index contributed by atoms with van der Waals surface area (Å²) in [6, 6.07) is 2.24. The molecule has 0 saturated carbocycles. The number of nitrogens with one attached hydrogen (secondary N) is 1. The summed E-state index contributed by atoms with van der Waals surface area (Å²) in [5.74, 6) is -0.000726. The molecular formula is C12H15BrClFN2O2S. The highest BCUT2D eigenvalue weighted by Crippen LogP contribution is 2.33. The van der Waals surface area contributed by atoms with Crippen molar-refractivity contribution in [3.05, 3.63) is 27.4 Å². The molecule has 1 N–H and O–H groups in total. The fraction of sp³-hybridized carbons (Fsp3) is 0.500. The Morgan fingerprint density at radius 1 is 1.40 bits per heavy atom. The van der Waals surface area contributed by atoms with Gasteiger partial charge in [0.15, 0.2) is 0 Å². The molecule has 20 heavy (non-hydrogen) atoms. The first-order valence-corrected chi connectivity index (χ1v) is 8.83. The van der Waals surface area contributed by atoms with Gasteiger partial charge in [-0.2, -0.15) is 12.7 Å². The molecule has 8 heteroatoms. The van der Waals surface area contributed by atoms with Crippen LogP contribution in [0, 0.1) is 11.7 Å². The van der Waals surface area contributed by atoms with E-state index < -0.39 is 16.0 Å². The van der Waals surface area contributed by atoms with Crippen molar-refractivity contribution in [2.45, 2.75) is 19.8 Å². The molecule has 0 aromatic heterocycles. The summed E-state index contributed by atoms with van der Waals surface area (Å²) in [4.78, 5) is 0. The summed E-state index contributed by atoms with van der Waals surface area (Å²) in [5, 5.41) is 0.0193. The Morgan fingerprint density at radius 3 is 2.55 bits per heavy atom. The smallest absolute Gasteiger partial charge is 0.268 e. The topological polar surface area (TPSA) is 49.4 Å². The standard InChI is InChI=1S/C12H15BrClFN2O2S/c1-8-2-4-17(5-3-8)20(18,19)16-12-10(13)6-9(15)7-11(12)14/h6-8,16H,2-5H2,1H3. The minimum Gasteiger partial charge on any atom is -0.268 e. The Bertz CT molecular complexity index is 580. The second-order valence-electron chi connectivity index (χ2n) is 4.93. The number of halogens is 3. The van der Waals surface area contributed by atoms with E-state index in [1.165, 1.54) is 10.4 Å². The normalized spacial score (nSPS) is 18.2. The first-order chi connectivity index (χ1) is 9.29. The molecule has 0 bridgehead atoms. The van der Waals surface area contributed by atoms with E-state index in [1.807, 2.05) is 0 Å². The third-order valence-corrected chi connectivity index (χ3v) is 5.75. The van der Waals surface area contributed by atoms with Crippen LogP contribution in [-0.4, -0.2) is 25.8 Å². The van der Waals surface area contributed by atoms with Crippen molar-refractivity contribution in [1.82, 2.24) is 4.31 Å². The molecule has 1 aromatic rings. The zero-order valence-electron chi connectivity index (χ0n) is 10.9. The van der Waals surface area contributed by atoms with Crippen molar-refractivity contribution in [2.24, 2.45) is 5.92 Å². The average molecular weight is 386 g/mol. The van der Waals surface area contributed by atoms with Crippen LogP contribution < -0.4 is 4.72 Å². The molecule has 112 valence electrons. The Kier molecular flexibility index (Phi) is 4.94. The Balaban J connectivity index is 2.21. The van der Waals surface area contributed by atoms with Crippen LogP contribution in [0.5, 0.6) is 0 Å². The monoisotopic (exact) mass is 384 g/mol. The Hall–Kier alpha value is -0.370. The fourth-order valence-corrected chi connectivity index (χ4v) is 4.44. The lowest BCUT2D eigenvalue weighted by Gasteiger charge is -2.29. The molecule has 0 aliphatic carbocycles. The number of rotatable bonds is 3. The molecule has 0 radical (unpaired) electrons. The number of piperidine rings is 1. The third-order valence-electron chi connectivity index (χ3n) is 3.32. The van der Waals surface area contributed by atoms with Crippen molar-refractivity contribution in [2.75, 3.05) is 17.8 Å². The summed E-state index contributed by atoms with van der Waals surface area (Å²) in [6.45, 7) is 3.06. The van der Waals surface area contributed by atoms with Crippen LogP contribution in [0.3, 0.4) is 0 Å². The Labute approximate surface area is 131 Å². The number of nitrogens with zero attached hydrogens (tertiary/aromatic N) is 1. The first-order valence-electron chi connectivity index (χ1n) is 6.22. The van der Waals surface area contributed by atoms with Gasteiger partial charge in [0.05, 0.1) is 10.7 Å². The molecule has 0 atom stereocenters. The lowest BCUT2D eigenvalue weighted by atomic mass is 10.0. The van der Waals surface area contributed by atoms with Gasteiger partial charge in [0.1, 0.15) is 5.82 Å². The maximum absolute atomic E-state index is 13.1. The van der Waals surface area contributed by atoms with Crippen molar-refractivity contribution >= 4 is 43.4 Å². The maximum Gasteiger partial charge on any atom is 0.301 e. The lowest BCUT2D eigenvalue weighted by molar-refractivity contribution is 0.289. The van der Waals surface area contributed by atoms with Crippen LogP contribution in [0.1, 0.15) is 19.8 Å². The van der Waals surface area contributed by atoms with Crippen molar-refractivity contribution in [3.8, 4) is 0 Å². The largest absolute Gasteiger partial charge is 0.301 e. The minimum atomic E-state index is -3.67. The summed E-state index contributed by atoms with van der Waals surface area (Å²) >= 11 is 9.00. The number of hydrogen-bond acceptors (Lipinski definition) is 2. The van der Waals surface area contributed by atoms with E-state index in [0.717, 1.165) is 18.9 Å². The zero-order valence-corrected chi connectivity index (χ0v) is 14.0. The van der Waals surface area contributed by atoms with Crippen molar-refractivity contribution in [1.29, 1.82) is 0 Å². The minimum absolute atomic E-state index is 0.0193. The van der Waals surface area contributed by atoms with Crippen LogP contribution in [0.2, 0.25) is 5.02 Å². The second kappa shape index (κ2) is 6.17. The van der Waals surface area contributed by atoms with Gasteiger partial charge in [-0.05, 0) is 46.8 Å². The highest BCUT2D eigenvalue weighted by Gasteiger charge is 2.27. The van der Waals surface area contributed by atoms with Crippen LogP contribution in [0.25, 0.3) is 0 Å². The molecule has 1 aromatic carbocycles. The van der Waals surface area contributed by atoms with E-state index in [2.05, 4.69) is 27.6 Å². The van der Waals surface area contributed by atoms with Crippen LogP contribution in [0.15, 0.2) is 16.6 Å². The van der Waals surface area contributed by atoms with Crippen LogP contribution >= 0.6 is 27.5 Å². The molecule has 0 amide bonds. The molecule has 2 rings (SSSR count). The third kappa shape index (κ3) is 3.63. The van der Waals surface area contributed by atoms with Gasteiger partial charge < -0.3 is 0 Å². The van der Waals surface area contributed by atoms with E-state index in [-0.39, 0.29) is 15.2 Å². The lowest BCUT2D eigenvalue weighted by Crippen LogP contribution is -2.41. The quantitative estimate of drug-likeness (QED) is 0.864. The van der Waals surface area contributed by atoms with E-state index in [9.17, 15) is 12.8 Å². The molecule has 0 spiro atoms. The van der Waals surface area contributed by atoms with Crippen molar-refractivity contribution in [3.63, 3.8) is 0 Å². The zero-order chi connectivity index (χ0) is 14.9. The van der Waals surface area contributed by atoms with E-state index >= 15 is 0 Å². The predicted molar refractivity (Wildman–Crippen MR) is 81.6 cm³/mol. The first kappa shape index (κ1) is 16.0. The molecule has 1 saturated heterocycles. The highest BCUT2D eigenvalue weighted by atomic mass is 79.9. The van der Waals surface area contributed by atoms with E-state index in [4.69, 9.17) is 11.6 Å². The van der Waals surface area contributed by atoms with Gasteiger partial charge >= 0.3 is 10.2 Å². The van der Waals surface area contributed by atoms with E-state index in [1.54, 1.807) is 0 Å². The summed E-state index contributed by atoms with van der Waals surface area (Å²) < 4.78 is 41.8. The predicted octanol–water partition coefficient (Wildman–Crippen LogP) is 3.63. The highest BCUT2D eigenvalue weighted by molar-refractivity contribution is 9.10. The molecular weight excluding hydrogens is 371 g/mol. The average Bonchev–Trinajstić information content (AvgIpc) is 2.34. The molecule has 1 aliphatic heterocycles. The molecule has 0 unspecified atom stereocenters. The molecule has 1 aliphatic rings. The Morgan fingerprint density at radius 2 is 2.00 bits per heavy atom. The van der Waals surface area contributed by atoms with Crippen molar-refractivity contribution < 1.29 is 12.8 Å². The summed E-state index contributed by atoms with van der Waals surface area (Å²) in [6.07, 6.45) is 1.67. The van der Waals surface area contributed by atoms with Crippen LogP contribution in [-0.2, 0) is 10.2 Å². The number of hydrogen-bond donors (Lipinski definition) is 1. The van der Waals surface area contributed by atoms with Gasteiger partial charge in [-0.25, -0.2) is 4.39 Å². The fourth-order valence-electron chi connectivity index (χ4n) is 2.06. The van der Waals surface area contributed by atoms with Crippen LogP contribution in [0.4, 0.5) is 10.1 Å². The van der Waals surface area contributed by atoms with Gasteiger partial charge in [0.25, 0.3) is 0 Å². The SMILES string of the molecule is CC1CCN(S(=O)(=O)Nc2c(Cl)cc(F)cc2Br)CC1. The van der Waals surface area contributed by atoms with Gasteiger partial charge in [-0.15, -0.1) is 0 Å². The number of benzene rings is 1. The van der Waals surface area contributed by atoms with Gasteiger partial charge in [-0.1, -0.05) is 18.5 Å². The molecule has 1 heterocycles. The molecule has 1 fully saturated rings. The molecule has 4 nitrogen and oxygen atoms in total. The summed E-state index contributed by atoms with van der Waals surface area (Å²) in [7, 11) is -3.67. The maximum atomic E-state index is 13.1. The van der Waals surface area contributed by atoms with Gasteiger partial charge in [0, 0.05) is 17.6 Å². The number of anilines is 1. The van der Waals surface area contributed by atoms with Gasteiger partial charge in [-0.3, -0.25) is 4.72 Å². The van der Waals surface area contributed by atoms with Gasteiger partial charge in [0.2, 0.25) is 0 Å². The summed E-state index contributed by atoms with van der Waals surface area (Å²) in [5.41, 5.74) is 0.159. The second-order valence-corrected chi connectivity index (χ2v) is 7.87. The van der Waals surface area contributed by atoms with E-state index in [0.29, 0.717) is 19.0 Å².